The van der Waals surface area contributed by atoms with E-state index in [1.165, 1.54) is 30.7 Å². The van der Waals surface area contributed by atoms with Crippen LogP contribution in [0.4, 0.5) is 0 Å². The molecule has 0 aliphatic heterocycles. The van der Waals surface area contributed by atoms with Gasteiger partial charge in [0.2, 0.25) is 10.0 Å². The predicted octanol–water partition coefficient (Wildman–Crippen LogP) is 3.97. The molecular weight excluding hydrogens is 461 g/mol. The Labute approximate surface area is 190 Å². The number of furan rings is 1. The molecule has 1 aromatic heterocycles. The highest BCUT2D eigenvalue weighted by molar-refractivity contribution is 7.89. The number of halogens is 2. The zero-order chi connectivity index (χ0) is 22.3. The van der Waals surface area contributed by atoms with Crippen molar-refractivity contribution in [3.8, 4) is 0 Å². The van der Waals surface area contributed by atoms with Gasteiger partial charge >= 0.3 is 0 Å². The number of nitrogens with zero attached hydrogens (tertiary/aromatic N) is 2. The van der Waals surface area contributed by atoms with Gasteiger partial charge in [0.05, 0.1) is 24.0 Å². The second kappa shape index (κ2) is 10.6. The first-order chi connectivity index (χ1) is 14.9. The van der Waals surface area contributed by atoms with Crippen molar-refractivity contribution in [1.82, 2.24) is 9.73 Å². The third-order valence-electron chi connectivity index (χ3n) is 4.25. The Bertz CT molecular complexity index is 1150. The van der Waals surface area contributed by atoms with Crippen LogP contribution in [0.3, 0.4) is 0 Å². The summed E-state index contributed by atoms with van der Waals surface area (Å²) in [5.41, 5.74) is 3.23. The van der Waals surface area contributed by atoms with Gasteiger partial charge in [-0.2, -0.15) is 9.41 Å². The highest BCUT2D eigenvalue weighted by atomic mass is 35.5. The van der Waals surface area contributed by atoms with E-state index < -0.39 is 22.5 Å². The fraction of sp³-hybridized carbons (Fsp3) is 0.143. The summed E-state index contributed by atoms with van der Waals surface area (Å²) in [7, 11) is -4.10. The van der Waals surface area contributed by atoms with Gasteiger partial charge in [-0.3, -0.25) is 4.79 Å². The molecule has 0 radical (unpaired) electrons. The molecule has 1 N–H and O–H groups in total. The van der Waals surface area contributed by atoms with Crippen LogP contribution >= 0.6 is 23.2 Å². The van der Waals surface area contributed by atoms with E-state index >= 15 is 0 Å². The summed E-state index contributed by atoms with van der Waals surface area (Å²) >= 11 is 12.1. The minimum Gasteiger partial charge on any atom is -0.463 e. The van der Waals surface area contributed by atoms with Gasteiger partial charge in [-0.25, -0.2) is 13.8 Å². The monoisotopic (exact) mass is 479 g/mol. The van der Waals surface area contributed by atoms with Crippen LogP contribution in [0.1, 0.15) is 11.3 Å². The molecule has 0 spiro atoms. The maximum Gasteiger partial charge on any atom is 0.255 e. The van der Waals surface area contributed by atoms with Crippen LogP contribution in [0.15, 0.2) is 81.3 Å². The quantitative estimate of drug-likeness (QED) is 0.371. The van der Waals surface area contributed by atoms with Crippen LogP contribution in [-0.2, 0) is 21.2 Å². The van der Waals surface area contributed by atoms with Gasteiger partial charge in [-0.15, -0.1) is 0 Å². The molecule has 0 fully saturated rings. The van der Waals surface area contributed by atoms with E-state index in [2.05, 4.69) is 10.5 Å². The third-order valence-corrected chi connectivity index (χ3v) is 6.81. The molecule has 0 bridgehead atoms. The summed E-state index contributed by atoms with van der Waals surface area (Å²) in [5.74, 6) is -0.169. The fourth-order valence-corrected chi connectivity index (χ4v) is 4.86. The average Bonchev–Trinajstić information content (AvgIpc) is 3.27. The summed E-state index contributed by atoms with van der Waals surface area (Å²) in [6, 6.07) is 16.8. The van der Waals surface area contributed by atoms with E-state index in [1.54, 1.807) is 12.1 Å². The number of amides is 1. The first kappa shape index (κ1) is 23.0. The molecule has 0 atom stereocenters. The molecule has 7 nitrogen and oxygen atoms in total. The third kappa shape index (κ3) is 6.41. The molecule has 0 aliphatic rings. The molecule has 2 aromatic carbocycles. The molecule has 3 aromatic rings. The molecule has 1 heterocycles. The van der Waals surface area contributed by atoms with Gasteiger partial charge < -0.3 is 4.42 Å². The molecule has 3 rings (SSSR count). The van der Waals surface area contributed by atoms with E-state index in [0.717, 1.165) is 9.87 Å². The number of nitrogens with one attached hydrogen (secondary N) is 1. The van der Waals surface area contributed by atoms with Crippen molar-refractivity contribution in [1.29, 1.82) is 0 Å². The number of benzene rings is 2. The standard InChI is InChI=1S/C21H19Cl2N3O4S/c22-17-8-9-19(23)20(13-17)31(28,29)26(11-10-16-5-2-1-3-6-16)15-21(27)25-24-14-18-7-4-12-30-18/h1-9,12-14H,10-11,15H2,(H,25,27)/b24-14-. The van der Waals surface area contributed by atoms with Crippen molar-refractivity contribution < 1.29 is 17.6 Å². The van der Waals surface area contributed by atoms with Crippen molar-refractivity contribution >= 4 is 45.3 Å². The van der Waals surface area contributed by atoms with Gasteiger partial charge in [0.15, 0.2) is 0 Å². The normalized spacial score (nSPS) is 11.8. The van der Waals surface area contributed by atoms with Gasteiger partial charge in [0.1, 0.15) is 10.7 Å². The average molecular weight is 480 g/mol. The van der Waals surface area contributed by atoms with Gasteiger partial charge in [0.25, 0.3) is 5.91 Å². The van der Waals surface area contributed by atoms with E-state index in [4.69, 9.17) is 27.6 Å². The van der Waals surface area contributed by atoms with Crippen molar-refractivity contribution in [2.45, 2.75) is 11.3 Å². The number of carbonyl (C=O) groups is 1. The lowest BCUT2D eigenvalue weighted by Gasteiger charge is -2.22. The Morgan fingerprint density at radius 3 is 2.58 bits per heavy atom. The molecule has 0 unspecified atom stereocenters. The summed E-state index contributed by atoms with van der Waals surface area (Å²) in [6.45, 7) is -0.391. The lowest BCUT2D eigenvalue weighted by atomic mass is 10.1. The Kier molecular flexibility index (Phi) is 7.86. The number of hydrogen-bond acceptors (Lipinski definition) is 5. The predicted molar refractivity (Wildman–Crippen MR) is 120 cm³/mol. The lowest BCUT2D eigenvalue weighted by molar-refractivity contribution is -0.121. The lowest BCUT2D eigenvalue weighted by Crippen LogP contribution is -2.40. The molecule has 162 valence electrons. The smallest absolute Gasteiger partial charge is 0.255 e. The zero-order valence-electron chi connectivity index (χ0n) is 16.2. The van der Waals surface area contributed by atoms with E-state index in [9.17, 15) is 13.2 Å². The minimum atomic E-state index is -4.10. The zero-order valence-corrected chi connectivity index (χ0v) is 18.6. The summed E-state index contributed by atoms with van der Waals surface area (Å²) in [5, 5.41) is 4.02. The molecule has 10 heteroatoms. The van der Waals surface area contributed by atoms with Gasteiger partial charge in [-0.05, 0) is 42.3 Å². The molecule has 31 heavy (non-hydrogen) atoms. The molecular formula is C21H19Cl2N3O4S. The maximum atomic E-state index is 13.3. The summed E-state index contributed by atoms with van der Waals surface area (Å²) in [6.07, 6.45) is 3.19. The largest absolute Gasteiger partial charge is 0.463 e. The number of hydrogen-bond donors (Lipinski definition) is 1. The molecule has 1 amide bonds. The Hall–Kier alpha value is -2.65. The number of carbonyl (C=O) groups excluding carboxylic acids is 1. The highest BCUT2D eigenvalue weighted by Crippen LogP contribution is 2.27. The van der Waals surface area contributed by atoms with Gasteiger partial charge in [-0.1, -0.05) is 53.5 Å². The SMILES string of the molecule is O=C(CN(CCc1ccccc1)S(=O)(=O)c1cc(Cl)ccc1Cl)N/N=C\c1ccco1. The number of rotatable bonds is 9. The van der Waals surface area contributed by atoms with Crippen molar-refractivity contribution in [2.75, 3.05) is 13.1 Å². The first-order valence-corrected chi connectivity index (χ1v) is 11.4. The Balaban J connectivity index is 1.79. The maximum absolute atomic E-state index is 13.3. The minimum absolute atomic E-state index is 0.0189. The van der Waals surface area contributed by atoms with Crippen LogP contribution in [-0.4, -0.2) is 37.9 Å². The highest BCUT2D eigenvalue weighted by Gasteiger charge is 2.28. The van der Waals surface area contributed by atoms with E-state index in [0.29, 0.717) is 12.2 Å². The first-order valence-electron chi connectivity index (χ1n) is 9.21. The van der Waals surface area contributed by atoms with Crippen LogP contribution in [0.25, 0.3) is 0 Å². The summed E-state index contributed by atoms with van der Waals surface area (Å²) < 4.78 is 32.7. The Morgan fingerprint density at radius 2 is 1.87 bits per heavy atom. The molecule has 0 saturated carbocycles. The van der Waals surface area contributed by atoms with Crippen molar-refractivity contribution in [3.05, 3.63) is 88.3 Å². The second-order valence-corrected chi connectivity index (χ2v) is 9.21. The van der Waals surface area contributed by atoms with E-state index in [1.807, 2.05) is 30.3 Å². The fourth-order valence-electron chi connectivity index (χ4n) is 2.72. The van der Waals surface area contributed by atoms with E-state index in [-0.39, 0.29) is 21.5 Å². The number of sulfonamides is 1. The van der Waals surface area contributed by atoms with Crippen LogP contribution in [0.5, 0.6) is 0 Å². The molecule has 0 aliphatic carbocycles. The topological polar surface area (TPSA) is 92.0 Å². The summed E-state index contributed by atoms with van der Waals surface area (Å²) in [4.78, 5) is 12.2. The van der Waals surface area contributed by atoms with Gasteiger partial charge in [0, 0.05) is 11.6 Å². The van der Waals surface area contributed by atoms with Crippen LogP contribution in [0, 0.1) is 0 Å². The Morgan fingerprint density at radius 1 is 1.10 bits per heavy atom. The number of hydrazone groups is 1. The molecule has 0 saturated heterocycles. The van der Waals surface area contributed by atoms with Crippen molar-refractivity contribution in [3.63, 3.8) is 0 Å². The van der Waals surface area contributed by atoms with Crippen LogP contribution in [0.2, 0.25) is 10.0 Å². The van der Waals surface area contributed by atoms with Crippen molar-refractivity contribution in [2.24, 2.45) is 5.10 Å². The second-order valence-electron chi connectivity index (χ2n) is 6.46. The van der Waals surface area contributed by atoms with Crippen LogP contribution < -0.4 is 5.43 Å².